The number of benzene rings is 1. The van der Waals surface area contributed by atoms with Gasteiger partial charge in [-0.3, -0.25) is 4.79 Å². The van der Waals surface area contributed by atoms with E-state index in [1.807, 2.05) is 0 Å². The van der Waals surface area contributed by atoms with Crippen LogP contribution in [0.5, 0.6) is 0 Å². The molecular formula is C16H22N2O2. The van der Waals surface area contributed by atoms with Crippen LogP contribution in [0.15, 0.2) is 30.5 Å². The Morgan fingerprint density at radius 3 is 2.95 bits per heavy atom. The number of carbonyl (C=O) groups excluding carboxylic acids is 1. The molecule has 0 spiro atoms. The predicted molar refractivity (Wildman–Crippen MR) is 80.6 cm³/mol. The fourth-order valence-electron chi connectivity index (χ4n) is 2.30. The lowest BCUT2D eigenvalue weighted by Crippen LogP contribution is -2.11. The highest BCUT2D eigenvalue weighted by molar-refractivity contribution is 5.80. The molecule has 1 aromatic heterocycles. The van der Waals surface area contributed by atoms with Gasteiger partial charge in [-0.15, -0.1) is 0 Å². The minimum atomic E-state index is -0.144. The van der Waals surface area contributed by atoms with Crippen molar-refractivity contribution in [2.24, 2.45) is 0 Å². The number of hydrogen-bond acceptors (Lipinski definition) is 3. The number of aryl methyl sites for hydroxylation is 1. The number of methoxy groups -OCH3 is 1. The molecule has 0 aliphatic heterocycles. The average Bonchev–Trinajstić information content (AvgIpc) is 2.87. The summed E-state index contributed by atoms with van der Waals surface area (Å²) in [5.41, 5.74) is 2.51. The number of hydrogen-bond donors (Lipinski definition) is 1. The number of nitrogens with zero attached hydrogens (tertiary/aromatic N) is 1. The van der Waals surface area contributed by atoms with Crippen LogP contribution >= 0.6 is 0 Å². The summed E-state index contributed by atoms with van der Waals surface area (Å²) in [6.07, 6.45) is 3.35. The second kappa shape index (κ2) is 7.10. The lowest BCUT2D eigenvalue weighted by atomic mass is 10.1. The normalized spacial score (nSPS) is 10.9. The van der Waals surface area contributed by atoms with E-state index < -0.39 is 0 Å². The first-order chi connectivity index (χ1) is 9.74. The molecule has 0 aliphatic carbocycles. The van der Waals surface area contributed by atoms with Crippen molar-refractivity contribution in [2.75, 3.05) is 13.7 Å². The first-order valence-corrected chi connectivity index (χ1v) is 7.10. The Morgan fingerprint density at radius 1 is 1.35 bits per heavy atom. The van der Waals surface area contributed by atoms with Crippen LogP contribution in [0.25, 0.3) is 10.9 Å². The average molecular weight is 274 g/mol. The molecule has 108 valence electrons. The van der Waals surface area contributed by atoms with Crippen molar-refractivity contribution in [3.63, 3.8) is 0 Å². The molecule has 4 heteroatoms. The van der Waals surface area contributed by atoms with Gasteiger partial charge in [0.05, 0.1) is 7.11 Å². The molecule has 0 fully saturated rings. The zero-order chi connectivity index (χ0) is 14.4. The van der Waals surface area contributed by atoms with Crippen molar-refractivity contribution in [1.82, 2.24) is 9.88 Å². The van der Waals surface area contributed by atoms with E-state index in [1.165, 1.54) is 23.6 Å². The molecule has 0 atom stereocenters. The molecule has 20 heavy (non-hydrogen) atoms. The SMILES string of the molecule is CCNCc1ccc2ccn(CCCC(=O)OC)c2c1. The summed E-state index contributed by atoms with van der Waals surface area (Å²) in [4.78, 5) is 11.1. The van der Waals surface area contributed by atoms with Gasteiger partial charge in [-0.1, -0.05) is 19.1 Å². The molecule has 0 radical (unpaired) electrons. The molecular weight excluding hydrogens is 252 g/mol. The van der Waals surface area contributed by atoms with Crippen LogP contribution in [0.2, 0.25) is 0 Å². The van der Waals surface area contributed by atoms with Crippen molar-refractivity contribution < 1.29 is 9.53 Å². The van der Waals surface area contributed by atoms with Gasteiger partial charge in [0.25, 0.3) is 0 Å². The van der Waals surface area contributed by atoms with Gasteiger partial charge >= 0.3 is 5.97 Å². The fourth-order valence-corrected chi connectivity index (χ4v) is 2.30. The van der Waals surface area contributed by atoms with Gasteiger partial charge in [0, 0.05) is 31.2 Å². The first kappa shape index (κ1) is 14.6. The van der Waals surface area contributed by atoms with E-state index in [0.717, 1.165) is 26.1 Å². The zero-order valence-electron chi connectivity index (χ0n) is 12.2. The Bertz CT molecular complexity index is 575. The van der Waals surface area contributed by atoms with Crippen molar-refractivity contribution in [2.45, 2.75) is 32.9 Å². The monoisotopic (exact) mass is 274 g/mol. The van der Waals surface area contributed by atoms with Crippen LogP contribution in [-0.4, -0.2) is 24.2 Å². The van der Waals surface area contributed by atoms with E-state index in [9.17, 15) is 4.79 Å². The minimum absolute atomic E-state index is 0.144. The lowest BCUT2D eigenvalue weighted by Gasteiger charge is -2.07. The van der Waals surface area contributed by atoms with Gasteiger partial charge in [0.2, 0.25) is 0 Å². The van der Waals surface area contributed by atoms with Crippen molar-refractivity contribution in [3.8, 4) is 0 Å². The largest absolute Gasteiger partial charge is 0.469 e. The molecule has 1 heterocycles. The third-order valence-corrected chi connectivity index (χ3v) is 3.43. The summed E-state index contributed by atoms with van der Waals surface area (Å²) in [7, 11) is 1.43. The lowest BCUT2D eigenvalue weighted by molar-refractivity contribution is -0.140. The highest BCUT2D eigenvalue weighted by atomic mass is 16.5. The molecule has 2 rings (SSSR count). The Kier molecular flexibility index (Phi) is 5.18. The first-order valence-electron chi connectivity index (χ1n) is 7.10. The number of esters is 1. The highest BCUT2D eigenvalue weighted by Crippen LogP contribution is 2.18. The summed E-state index contributed by atoms with van der Waals surface area (Å²) in [6.45, 7) is 4.80. The molecule has 0 bridgehead atoms. The highest BCUT2D eigenvalue weighted by Gasteiger charge is 2.04. The number of aromatic nitrogens is 1. The van der Waals surface area contributed by atoms with E-state index in [2.05, 4.69) is 52.0 Å². The smallest absolute Gasteiger partial charge is 0.305 e. The molecule has 0 amide bonds. The van der Waals surface area contributed by atoms with E-state index in [0.29, 0.717) is 6.42 Å². The molecule has 1 aromatic carbocycles. The summed E-state index contributed by atoms with van der Waals surface area (Å²) < 4.78 is 6.87. The third-order valence-electron chi connectivity index (χ3n) is 3.43. The standard InChI is InChI=1S/C16H22N2O2/c1-3-17-12-13-6-7-14-8-10-18(15(14)11-13)9-4-5-16(19)20-2/h6-8,10-11,17H,3-5,9,12H2,1-2H3. The molecule has 0 saturated heterocycles. The summed E-state index contributed by atoms with van der Waals surface area (Å²) in [5.74, 6) is -0.144. The van der Waals surface area contributed by atoms with Crippen molar-refractivity contribution >= 4 is 16.9 Å². The number of rotatable bonds is 7. The Morgan fingerprint density at radius 2 is 2.20 bits per heavy atom. The van der Waals surface area contributed by atoms with Gasteiger partial charge in [-0.2, -0.15) is 0 Å². The van der Waals surface area contributed by atoms with E-state index in [-0.39, 0.29) is 5.97 Å². The van der Waals surface area contributed by atoms with Crippen LogP contribution < -0.4 is 5.32 Å². The number of nitrogens with one attached hydrogen (secondary N) is 1. The third kappa shape index (κ3) is 3.61. The molecule has 2 aromatic rings. The molecule has 0 aliphatic rings. The number of fused-ring (bicyclic) bond motifs is 1. The quantitative estimate of drug-likeness (QED) is 0.789. The van der Waals surface area contributed by atoms with E-state index in [4.69, 9.17) is 0 Å². The summed E-state index contributed by atoms with van der Waals surface area (Å²) in [5, 5.41) is 4.58. The van der Waals surface area contributed by atoms with Crippen LogP contribution in [0.3, 0.4) is 0 Å². The zero-order valence-corrected chi connectivity index (χ0v) is 12.2. The Balaban J connectivity index is 2.06. The molecule has 1 N–H and O–H groups in total. The van der Waals surface area contributed by atoms with Crippen molar-refractivity contribution in [1.29, 1.82) is 0 Å². The molecule has 0 saturated carbocycles. The van der Waals surface area contributed by atoms with Crippen LogP contribution in [0, 0.1) is 0 Å². The topological polar surface area (TPSA) is 43.3 Å². The van der Waals surface area contributed by atoms with Crippen LogP contribution in [0.1, 0.15) is 25.3 Å². The fraction of sp³-hybridized carbons (Fsp3) is 0.438. The van der Waals surface area contributed by atoms with Gasteiger partial charge in [0.15, 0.2) is 0 Å². The van der Waals surface area contributed by atoms with E-state index in [1.54, 1.807) is 0 Å². The van der Waals surface area contributed by atoms with Gasteiger partial charge in [-0.05, 0) is 36.0 Å². The van der Waals surface area contributed by atoms with Crippen LogP contribution in [-0.2, 0) is 22.6 Å². The maximum Gasteiger partial charge on any atom is 0.305 e. The van der Waals surface area contributed by atoms with Crippen LogP contribution in [0.4, 0.5) is 0 Å². The number of ether oxygens (including phenoxy) is 1. The second-order valence-electron chi connectivity index (χ2n) is 4.86. The molecule has 4 nitrogen and oxygen atoms in total. The van der Waals surface area contributed by atoms with Crippen molar-refractivity contribution in [3.05, 3.63) is 36.0 Å². The van der Waals surface area contributed by atoms with Gasteiger partial charge < -0.3 is 14.6 Å². The maximum absolute atomic E-state index is 11.1. The second-order valence-corrected chi connectivity index (χ2v) is 4.86. The predicted octanol–water partition coefficient (Wildman–Crippen LogP) is 2.70. The van der Waals surface area contributed by atoms with Gasteiger partial charge in [-0.25, -0.2) is 0 Å². The van der Waals surface area contributed by atoms with Gasteiger partial charge in [0.1, 0.15) is 0 Å². The maximum atomic E-state index is 11.1. The molecule has 0 unspecified atom stereocenters. The summed E-state index contributed by atoms with van der Waals surface area (Å²) in [6, 6.07) is 8.64. The minimum Gasteiger partial charge on any atom is -0.469 e. The summed E-state index contributed by atoms with van der Waals surface area (Å²) >= 11 is 0. The Hall–Kier alpha value is -1.81. The Labute approximate surface area is 119 Å². The number of carbonyl (C=O) groups is 1. The van der Waals surface area contributed by atoms with E-state index >= 15 is 0 Å².